The fraction of sp³-hybridized carbons (Fsp3) is 0.333. The van der Waals surface area contributed by atoms with Crippen LogP contribution in [0.25, 0.3) is 0 Å². The highest BCUT2D eigenvalue weighted by atomic mass is 32.2. The molecule has 0 aromatic carbocycles. The van der Waals surface area contributed by atoms with Crippen LogP contribution in [0.15, 0.2) is 34.5 Å². The number of carbonyl (C=O) groups is 4. The first-order valence-electron chi connectivity index (χ1n) is 9.02. The van der Waals surface area contributed by atoms with E-state index in [1.54, 1.807) is 0 Å². The Morgan fingerprint density at radius 2 is 2.19 bits per heavy atom. The third-order valence-corrected chi connectivity index (χ3v) is 6.31. The van der Waals surface area contributed by atoms with Crippen molar-refractivity contribution in [3.8, 4) is 0 Å². The molecule has 3 heterocycles. The Hall–Kier alpha value is -3.39. The molecule has 0 aliphatic carbocycles. The van der Waals surface area contributed by atoms with Crippen LogP contribution in [-0.4, -0.2) is 70.4 Å². The summed E-state index contributed by atoms with van der Waals surface area (Å²) in [4.78, 5) is 59.0. The van der Waals surface area contributed by atoms with Gasteiger partial charge in [-0.25, -0.2) is 9.78 Å². The van der Waals surface area contributed by atoms with Crippen LogP contribution in [-0.2, 0) is 33.5 Å². The van der Waals surface area contributed by atoms with Crippen LogP contribution >= 0.6 is 23.1 Å². The molecule has 0 bridgehead atoms. The summed E-state index contributed by atoms with van der Waals surface area (Å²) in [6.07, 6.45) is 1.45. The zero-order chi connectivity index (χ0) is 23.4. The number of carbonyl (C=O) groups excluding carboxylic acids is 4. The third-order valence-electron chi connectivity index (χ3n) is 4.34. The summed E-state index contributed by atoms with van der Waals surface area (Å²) in [5, 5.41) is 7.50. The molecule has 0 radical (unpaired) electrons. The van der Waals surface area contributed by atoms with Gasteiger partial charge in [0.05, 0.1) is 0 Å². The SMILES string of the molecule is C=CC1=C(C(=O)OCOC(C)=O)N2C(=O)C(NC(=O)/C(=N/OC)c3csc(N)n3)C2SC1. The molecule has 2 aliphatic heterocycles. The highest BCUT2D eigenvalue weighted by Gasteiger charge is 2.54. The molecule has 0 saturated carbocycles. The van der Waals surface area contributed by atoms with Gasteiger partial charge in [-0.3, -0.25) is 19.3 Å². The number of thiazole rings is 1. The van der Waals surface area contributed by atoms with Crippen molar-refractivity contribution in [1.29, 1.82) is 0 Å². The Morgan fingerprint density at radius 3 is 2.78 bits per heavy atom. The summed E-state index contributed by atoms with van der Waals surface area (Å²) in [6.45, 7) is 4.24. The Labute approximate surface area is 190 Å². The minimum atomic E-state index is -0.923. The van der Waals surface area contributed by atoms with E-state index in [0.29, 0.717) is 11.3 Å². The molecular weight excluding hydrogens is 462 g/mol. The number of amides is 2. The van der Waals surface area contributed by atoms with Crippen molar-refractivity contribution in [2.45, 2.75) is 18.3 Å². The van der Waals surface area contributed by atoms with E-state index in [0.717, 1.165) is 11.3 Å². The number of allylic oxidation sites excluding steroid dienone is 1. The molecule has 2 atom stereocenters. The number of hydrogen-bond donors (Lipinski definition) is 2. The zero-order valence-electron chi connectivity index (χ0n) is 17.0. The number of nitrogen functional groups attached to an aromatic ring is 1. The summed E-state index contributed by atoms with van der Waals surface area (Å²) in [5.74, 6) is -2.32. The van der Waals surface area contributed by atoms with E-state index >= 15 is 0 Å². The van der Waals surface area contributed by atoms with Crippen molar-refractivity contribution < 1.29 is 33.5 Å². The van der Waals surface area contributed by atoms with Crippen LogP contribution < -0.4 is 11.1 Å². The normalized spacial score (nSPS) is 20.1. The van der Waals surface area contributed by atoms with Crippen LogP contribution in [0.3, 0.4) is 0 Å². The molecule has 1 saturated heterocycles. The molecule has 3 N–H and O–H groups in total. The maximum atomic E-state index is 12.8. The lowest BCUT2D eigenvalue weighted by Gasteiger charge is -2.49. The monoisotopic (exact) mass is 481 g/mol. The largest absolute Gasteiger partial charge is 0.428 e. The first kappa shape index (κ1) is 23.3. The number of β-lactam (4-membered cyclic amide) rings is 1. The number of thioether (sulfide) groups is 1. The van der Waals surface area contributed by atoms with Crippen molar-refractivity contribution in [3.63, 3.8) is 0 Å². The van der Waals surface area contributed by atoms with E-state index in [2.05, 4.69) is 26.8 Å². The van der Waals surface area contributed by atoms with E-state index < -0.39 is 42.0 Å². The standard InChI is InChI=1S/C18H19N5O7S2/c1-4-9-5-31-16-12(15(26)23(16)13(9)17(27)30-7-29-8(2)24)21-14(25)11(22-28-3)10-6-32-18(19)20-10/h4,6,12,16H,1,5,7H2,2-3H3,(H2,19,20)(H,21,25)/b22-11+. The van der Waals surface area contributed by atoms with E-state index in [1.807, 2.05) is 0 Å². The smallest absolute Gasteiger partial charge is 0.358 e. The summed E-state index contributed by atoms with van der Waals surface area (Å²) in [5.41, 5.74) is 6.15. The topological polar surface area (TPSA) is 163 Å². The predicted octanol–water partition coefficient (Wildman–Crippen LogP) is -0.0204. The molecule has 12 nitrogen and oxygen atoms in total. The van der Waals surface area contributed by atoms with Gasteiger partial charge in [0.15, 0.2) is 10.8 Å². The van der Waals surface area contributed by atoms with E-state index in [4.69, 9.17) is 15.3 Å². The van der Waals surface area contributed by atoms with Crippen LogP contribution in [0, 0.1) is 0 Å². The molecule has 0 spiro atoms. The summed E-state index contributed by atoms with van der Waals surface area (Å²) in [6, 6.07) is -0.923. The van der Waals surface area contributed by atoms with Gasteiger partial charge < -0.3 is 25.4 Å². The first-order chi connectivity index (χ1) is 15.3. The number of esters is 2. The molecule has 14 heteroatoms. The molecule has 32 heavy (non-hydrogen) atoms. The molecule has 170 valence electrons. The number of nitrogens with two attached hydrogens (primary N) is 1. The van der Waals surface area contributed by atoms with Crippen molar-refractivity contribution in [3.05, 3.63) is 35.0 Å². The number of aromatic nitrogens is 1. The van der Waals surface area contributed by atoms with Gasteiger partial charge in [-0.05, 0) is 5.57 Å². The summed E-state index contributed by atoms with van der Waals surface area (Å²) >= 11 is 2.46. The number of anilines is 1. The minimum Gasteiger partial charge on any atom is -0.428 e. The summed E-state index contributed by atoms with van der Waals surface area (Å²) < 4.78 is 9.55. The van der Waals surface area contributed by atoms with E-state index in [9.17, 15) is 19.2 Å². The van der Waals surface area contributed by atoms with Crippen LogP contribution in [0.4, 0.5) is 5.13 Å². The van der Waals surface area contributed by atoms with Gasteiger partial charge in [0.25, 0.3) is 11.8 Å². The van der Waals surface area contributed by atoms with E-state index in [-0.39, 0.29) is 22.2 Å². The number of oxime groups is 1. The highest BCUT2D eigenvalue weighted by molar-refractivity contribution is 8.00. The predicted molar refractivity (Wildman–Crippen MR) is 115 cm³/mol. The molecular formula is C18H19N5O7S2. The Kier molecular flexibility index (Phi) is 7.15. The van der Waals surface area contributed by atoms with Crippen LogP contribution in [0.2, 0.25) is 0 Å². The van der Waals surface area contributed by atoms with Gasteiger partial charge in [-0.15, -0.1) is 23.1 Å². The Balaban J connectivity index is 1.75. The third kappa shape index (κ3) is 4.60. The van der Waals surface area contributed by atoms with Gasteiger partial charge in [0.2, 0.25) is 6.79 Å². The summed E-state index contributed by atoms with van der Waals surface area (Å²) in [7, 11) is 1.27. The molecule has 2 amide bonds. The second-order valence-electron chi connectivity index (χ2n) is 6.32. The fourth-order valence-corrected chi connectivity index (χ4v) is 4.81. The molecule has 1 aromatic heterocycles. The second-order valence-corrected chi connectivity index (χ2v) is 8.31. The fourth-order valence-electron chi connectivity index (χ4n) is 2.92. The lowest BCUT2D eigenvalue weighted by molar-refractivity contribution is -0.166. The Bertz CT molecular complexity index is 1030. The molecule has 2 aliphatic rings. The zero-order valence-corrected chi connectivity index (χ0v) is 18.7. The molecule has 1 fully saturated rings. The average Bonchev–Trinajstić information content (AvgIpc) is 3.19. The van der Waals surface area contributed by atoms with Gasteiger partial charge >= 0.3 is 11.9 Å². The van der Waals surface area contributed by atoms with E-state index in [1.165, 1.54) is 42.2 Å². The quantitative estimate of drug-likeness (QED) is 0.170. The molecule has 1 aromatic rings. The van der Waals surface area contributed by atoms with Gasteiger partial charge in [0, 0.05) is 18.1 Å². The average molecular weight is 482 g/mol. The van der Waals surface area contributed by atoms with Gasteiger partial charge in [-0.2, -0.15) is 0 Å². The van der Waals surface area contributed by atoms with Gasteiger partial charge in [0.1, 0.15) is 29.9 Å². The van der Waals surface area contributed by atoms with Crippen LogP contribution in [0.5, 0.6) is 0 Å². The Morgan fingerprint density at radius 1 is 1.44 bits per heavy atom. The van der Waals surface area contributed by atoms with Crippen molar-refractivity contribution >= 4 is 57.7 Å². The maximum Gasteiger partial charge on any atom is 0.358 e. The molecule has 2 unspecified atom stereocenters. The number of hydrogen-bond acceptors (Lipinski definition) is 12. The molecule has 3 rings (SSSR count). The van der Waals surface area contributed by atoms with Crippen LogP contribution in [0.1, 0.15) is 12.6 Å². The maximum absolute atomic E-state index is 12.8. The minimum absolute atomic E-state index is 0.00976. The number of nitrogens with one attached hydrogen (secondary N) is 1. The van der Waals surface area contributed by atoms with Gasteiger partial charge in [-0.1, -0.05) is 17.8 Å². The number of rotatable bonds is 8. The van der Waals surface area contributed by atoms with Crippen molar-refractivity contribution in [2.24, 2.45) is 5.16 Å². The first-order valence-corrected chi connectivity index (χ1v) is 11.0. The second kappa shape index (κ2) is 9.82. The van der Waals surface area contributed by atoms with Crippen molar-refractivity contribution in [2.75, 3.05) is 25.4 Å². The highest BCUT2D eigenvalue weighted by Crippen LogP contribution is 2.40. The number of nitrogens with zero attached hydrogens (tertiary/aromatic N) is 3. The van der Waals surface area contributed by atoms with Crippen molar-refractivity contribution in [1.82, 2.24) is 15.2 Å². The lowest BCUT2D eigenvalue weighted by Crippen LogP contribution is -2.71. The number of fused-ring (bicyclic) bond motifs is 1. The lowest BCUT2D eigenvalue weighted by atomic mass is 10.0. The number of ether oxygens (including phenoxy) is 2.